The van der Waals surface area contributed by atoms with E-state index in [1.807, 2.05) is 6.07 Å². The molecule has 0 atom stereocenters. The van der Waals surface area contributed by atoms with Crippen LogP contribution in [0.4, 0.5) is 0 Å². The molecule has 19 heavy (non-hydrogen) atoms. The van der Waals surface area contributed by atoms with Gasteiger partial charge in [0.1, 0.15) is 0 Å². The minimum atomic E-state index is -3.32. The van der Waals surface area contributed by atoms with E-state index >= 15 is 0 Å². The SMILES string of the molecule is O=C(C[Se]S(=O)(=O)c1ccccc1)c1ccccc1. The number of carbonyl (C=O) groups is 1. The number of ketones is 1. The summed E-state index contributed by atoms with van der Waals surface area (Å²) in [7, 11) is -3.32. The van der Waals surface area contributed by atoms with Crippen molar-refractivity contribution < 1.29 is 13.2 Å². The third kappa shape index (κ3) is 3.77. The van der Waals surface area contributed by atoms with E-state index in [0.29, 0.717) is 5.56 Å². The molecule has 2 aromatic rings. The second kappa shape index (κ2) is 6.15. The first kappa shape index (κ1) is 14.0. The standard InChI is InChI=1S/C14H12O3SSe/c15-14(12-7-3-1-4-8-12)11-19-18(16,17)13-9-5-2-6-10-13/h1-10H,11H2. The Bertz CT molecular complexity index is 652. The second-order valence-corrected chi connectivity index (χ2v) is 10.3. The molecule has 0 saturated heterocycles. The molecule has 0 radical (unpaired) electrons. The zero-order chi connectivity index (χ0) is 13.7. The normalized spacial score (nSPS) is 11.2. The number of hydrogen-bond acceptors (Lipinski definition) is 3. The van der Waals surface area contributed by atoms with E-state index in [-0.39, 0.29) is 16.0 Å². The molecule has 2 aromatic carbocycles. The van der Waals surface area contributed by atoms with Gasteiger partial charge in [-0.15, -0.1) is 0 Å². The fraction of sp³-hybridized carbons (Fsp3) is 0.0714. The number of carbonyl (C=O) groups excluding carboxylic acids is 1. The molecule has 0 spiro atoms. The van der Waals surface area contributed by atoms with Crippen molar-refractivity contribution in [2.45, 2.75) is 10.2 Å². The van der Waals surface area contributed by atoms with Gasteiger partial charge in [-0.2, -0.15) is 0 Å². The predicted molar refractivity (Wildman–Crippen MR) is 75.0 cm³/mol. The molecule has 98 valence electrons. The molecule has 0 aliphatic carbocycles. The minimum absolute atomic E-state index is 0.0637. The van der Waals surface area contributed by atoms with Gasteiger partial charge in [-0.05, 0) is 0 Å². The summed E-state index contributed by atoms with van der Waals surface area (Å²) >= 11 is -0.777. The zero-order valence-corrected chi connectivity index (χ0v) is 12.6. The fourth-order valence-corrected chi connectivity index (χ4v) is 5.94. The quantitative estimate of drug-likeness (QED) is 0.621. The predicted octanol–water partition coefficient (Wildman–Crippen LogP) is 2.38. The molecule has 0 N–H and O–H groups in total. The Morgan fingerprint density at radius 3 is 2.00 bits per heavy atom. The van der Waals surface area contributed by atoms with E-state index in [1.165, 1.54) is 0 Å². The first-order valence-electron chi connectivity index (χ1n) is 5.62. The van der Waals surface area contributed by atoms with Crippen molar-refractivity contribution in [3.8, 4) is 0 Å². The summed E-state index contributed by atoms with van der Waals surface area (Å²) in [6.45, 7) is 0. The summed E-state index contributed by atoms with van der Waals surface area (Å²) in [6.07, 6.45) is 0. The third-order valence-corrected chi connectivity index (χ3v) is 8.21. The van der Waals surface area contributed by atoms with Crippen LogP contribution >= 0.6 is 0 Å². The number of Topliss-reactive ketones (excluding diaryl/α,β-unsaturated/α-hetero) is 1. The van der Waals surface area contributed by atoms with Crippen LogP contribution in [0.15, 0.2) is 65.6 Å². The molecular formula is C14H12O3SSe. The van der Waals surface area contributed by atoms with Crippen LogP contribution in [0.25, 0.3) is 0 Å². The second-order valence-electron chi connectivity index (χ2n) is 3.82. The Balaban J connectivity index is 2.05. The fourth-order valence-electron chi connectivity index (χ4n) is 1.49. The summed E-state index contributed by atoms with van der Waals surface area (Å²) in [5.41, 5.74) is 0.563. The van der Waals surface area contributed by atoms with E-state index in [4.69, 9.17) is 0 Å². The molecule has 0 aliphatic rings. The summed E-state index contributed by atoms with van der Waals surface area (Å²) in [5.74, 6) is -0.125. The zero-order valence-electron chi connectivity index (χ0n) is 10.0. The number of hydrogen-bond donors (Lipinski definition) is 0. The Hall–Kier alpha value is -1.42. The average Bonchev–Trinajstić information content (AvgIpc) is 2.47. The molecule has 0 saturated carbocycles. The van der Waals surface area contributed by atoms with Gasteiger partial charge in [0, 0.05) is 0 Å². The molecule has 0 fully saturated rings. The number of benzene rings is 2. The van der Waals surface area contributed by atoms with Gasteiger partial charge in [0.05, 0.1) is 0 Å². The van der Waals surface area contributed by atoms with Crippen LogP contribution in [0.5, 0.6) is 0 Å². The van der Waals surface area contributed by atoms with Crippen LogP contribution < -0.4 is 0 Å². The molecule has 0 aromatic heterocycles. The van der Waals surface area contributed by atoms with Crippen molar-refractivity contribution in [3.63, 3.8) is 0 Å². The first-order chi connectivity index (χ1) is 9.09. The van der Waals surface area contributed by atoms with Crippen molar-refractivity contribution in [2.24, 2.45) is 0 Å². The topological polar surface area (TPSA) is 51.2 Å². The van der Waals surface area contributed by atoms with Crippen LogP contribution in [0, 0.1) is 0 Å². The first-order valence-corrected chi connectivity index (χ1v) is 10.3. The Morgan fingerprint density at radius 1 is 0.895 bits per heavy atom. The van der Waals surface area contributed by atoms with Crippen molar-refractivity contribution in [1.82, 2.24) is 0 Å². The molecule has 3 nitrogen and oxygen atoms in total. The summed E-state index contributed by atoms with van der Waals surface area (Å²) in [4.78, 5) is 12.2. The van der Waals surface area contributed by atoms with Crippen LogP contribution in [-0.4, -0.2) is 28.0 Å². The Morgan fingerprint density at radius 2 is 1.42 bits per heavy atom. The van der Waals surface area contributed by atoms with Gasteiger partial charge in [-0.3, -0.25) is 0 Å². The number of rotatable bonds is 5. The van der Waals surface area contributed by atoms with Gasteiger partial charge in [0.25, 0.3) is 0 Å². The van der Waals surface area contributed by atoms with Gasteiger partial charge in [0.2, 0.25) is 0 Å². The maximum absolute atomic E-state index is 12.0. The van der Waals surface area contributed by atoms with Gasteiger partial charge >= 0.3 is 118 Å². The molecule has 2 rings (SSSR count). The van der Waals surface area contributed by atoms with Crippen molar-refractivity contribution in [3.05, 3.63) is 66.2 Å². The van der Waals surface area contributed by atoms with E-state index < -0.39 is 22.1 Å². The molecule has 0 aliphatic heterocycles. The molecule has 0 unspecified atom stereocenters. The molecular weight excluding hydrogens is 327 g/mol. The van der Waals surface area contributed by atoms with E-state index in [9.17, 15) is 13.2 Å². The van der Waals surface area contributed by atoms with E-state index in [1.54, 1.807) is 54.6 Å². The molecule has 0 heterocycles. The van der Waals surface area contributed by atoms with Crippen LogP contribution in [-0.2, 0) is 8.26 Å². The van der Waals surface area contributed by atoms with E-state index in [0.717, 1.165) is 0 Å². The summed E-state index contributed by atoms with van der Waals surface area (Å²) < 4.78 is 24.1. The molecule has 5 heteroatoms. The summed E-state index contributed by atoms with van der Waals surface area (Å²) in [5, 5.41) is 0.0637. The molecule has 0 bridgehead atoms. The van der Waals surface area contributed by atoms with E-state index in [2.05, 4.69) is 0 Å². The van der Waals surface area contributed by atoms with Crippen molar-refractivity contribution in [2.75, 3.05) is 0 Å². The van der Waals surface area contributed by atoms with Crippen LogP contribution in [0.2, 0.25) is 5.32 Å². The average molecular weight is 339 g/mol. The van der Waals surface area contributed by atoms with Crippen molar-refractivity contribution >= 4 is 27.9 Å². The van der Waals surface area contributed by atoms with Gasteiger partial charge in [-0.25, -0.2) is 0 Å². The third-order valence-electron chi connectivity index (χ3n) is 2.47. The van der Waals surface area contributed by atoms with Crippen LogP contribution in [0.1, 0.15) is 10.4 Å². The van der Waals surface area contributed by atoms with Crippen LogP contribution in [0.3, 0.4) is 0 Å². The maximum atomic E-state index is 12.0. The monoisotopic (exact) mass is 340 g/mol. The van der Waals surface area contributed by atoms with Gasteiger partial charge in [-0.1, -0.05) is 0 Å². The van der Waals surface area contributed by atoms with Gasteiger partial charge < -0.3 is 0 Å². The Kier molecular flexibility index (Phi) is 4.53. The van der Waals surface area contributed by atoms with Crippen molar-refractivity contribution in [1.29, 1.82) is 0 Å². The Labute approximate surface area is 117 Å². The molecule has 0 amide bonds. The summed E-state index contributed by atoms with van der Waals surface area (Å²) in [6, 6.07) is 17.0. The van der Waals surface area contributed by atoms with Gasteiger partial charge in [0.15, 0.2) is 0 Å².